The number of aromatic nitrogens is 2. The number of halogens is 1. The molecule has 8 nitrogen and oxygen atoms in total. The van der Waals surface area contributed by atoms with E-state index in [9.17, 15) is 9.59 Å². The number of imidazole rings is 1. The summed E-state index contributed by atoms with van der Waals surface area (Å²) in [4.78, 5) is 29.4. The number of rotatable bonds is 7. The molecule has 32 heavy (non-hydrogen) atoms. The number of hydrogen-bond donors (Lipinski definition) is 1. The first kappa shape index (κ1) is 23.9. The van der Waals surface area contributed by atoms with Crippen LogP contribution in [-0.4, -0.2) is 49.8 Å². The number of benzene rings is 1. The Bertz CT molecular complexity index is 1000. The van der Waals surface area contributed by atoms with E-state index in [4.69, 9.17) is 14.1 Å². The molecule has 1 aliphatic rings. The molecule has 1 aliphatic heterocycles. The van der Waals surface area contributed by atoms with Crippen LogP contribution in [0.2, 0.25) is 13.1 Å². The van der Waals surface area contributed by atoms with Crippen LogP contribution >= 0.6 is 0 Å². The zero-order chi connectivity index (χ0) is 23.6. The first-order valence-corrected chi connectivity index (χ1v) is 13.5. The maximum atomic E-state index is 15.2. The Balaban J connectivity index is 1.87. The van der Waals surface area contributed by atoms with Crippen molar-refractivity contribution in [3.8, 4) is 5.69 Å². The third kappa shape index (κ3) is 5.55. The Morgan fingerprint density at radius 3 is 2.69 bits per heavy atom. The molecule has 0 radical (unpaired) electrons. The maximum Gasteiger partial charge on any atom is 0.414 e. The van der Waals surface area contributed by atoms with E-state index in [1.54, 1.807) is 16.7 Å². The molecule has 1 aromatic carbocycles. The lowest BCUT2D eigenvalue weighted by Gasteiger charge is -2.16. The number of ether oxygens (including phenoxy) is 1. The Kier molecular flexibility index (Phi) is 7.04. The maximum absolute atomic E-state index is 15.2. The summed E-state index contributed by atoms with van der Waals surface area (Å²) in [6, 6.07) is 4.62. The first-order valence-electron chi connectivity index (χ1n) is 10.7. The molecule has 0 aliphatic carbocycles. The van der Waals surface area contributed by atoms with Crippen molar-refractivity contribution in [3.05, 3.63) is 41.7 Å². The van der Waals surface area contributed by atoms with E-state index < -0.39 is 27.1 Å². The Labute approximate surface area is 189 Å². The van der Waals surface area contributed by atoms with E-state index in [0.29, 0.717) is 23.8 Å². The quantitative estimate of drug-likeness (QED) is 0.639. The highest BCUT2D eigenvalue weighted by molar-refractivity contribution is 6.48. The van der Waals surface area contributed by atoms with Crippen molar-refractivity contribution in [2.24, 2.45) is 0 Å². The zero-order valence-electron chi connectivity index (χ0n) is 19.4. The van der Waals surface area contributed by atoms with Crippen molar-refractivity contribution in [1.29, 1.82) is 0 Å². The normalized spacial score (nSPS) is 16.6. The van der Waals surface area contributed by atoms with Gasteiger partial charge in [-0.1, -0.05) is 20.8 Å². The largest absolute Gasteiger partial charge is 0.442 e. The summed E-state index contributed by atoms with van der Waals surface area (Å²) < 4.78 is 28.1. The van der Waals surface area contributed by atoms with Crippen molar-refractivity contribution in [2.75, 3.05) is 18.0 Å². The topological polar surface area (TPSA) is 85.7 Å². The van der Waals surface area contributed by atoms with Gasteiger partial charge < -0.3 is 14.5 Å². The van der Waals surface area contributed by atoms with E-state index in [0.717, 1.165) is 5.69 Å². The molecule has 1 saturated heterocycles. The van der Waals surface area contributed by atoms with Gasteiger partial charge in [-0.05, 0) is 31.3 Å². The SMILES string of the molecule is CC(=O)NC[C@H]1CN(c2ccc(-n3cc(C(C)(C)C)nc3CO[SiH](C)C)c(F)c2)C(=O)O1. The van der Waals surface area contributed by atoms with Crippen molar-refractivity contribution in [2.45, 2.75) is 58.9 Å². The summed E-state index contributed by atoms with van der Waals surface area (Å²) in [7, 11) is -1.28. The number of nitrogens with one attached hydrogen (secondary N) is 1. The van der Waals surface area contributed by atoms with Gasteiger partial charge in [0, 0.05) is 18.5 Å². The lowest BCUT2D eigenvalue weighted by Crippen LogP contribution is -2.33. The van der Waals surface area contributed by atoms with Gasteiger partial charge in [0.25, 0.3) is 0 Å². The van der Waals surface area contributed by atoms with Crippen LogP contribution < -0.4 is 10.2 Å². The minimum absolute atomic E-state index is 0.200. The molecule has 2 heterocycles. The van der Waals surface area contributed by atoms with Crippen molar-refractivity contribution < 1.29 is 23.1 Å². The van der Waals surface area contributed by atoms with Gasteiger partial charge in [-0.2, -0.15) is 0 Å². The highest BCUT2D eigenvalue weighted by Crippen LogP contribution is 2.28. The molecule has 3 rings (SSSR count). The number of nitrogens with zero attached hydrogens (tertiary/aromatic N) is 3. The molecule has 174 valence electrons. The van der Waals surface area contributed by atoms with E-state index >= 15 is 4.39 Å². The van der Waals surface area contributed by atoms with Crippen LogP contribution in [0.25, 0.3) is 5.69 Å². The second-order valence-electron chi connectivity index (χ2n) is 9.21. The molecular formula is C22H31FN4O4Si. The summed E-state index contributed by atoms with van der Waals surface area (Å²) in [5, 5.41) is 2.63. The van der Waals surface area contributed by atoms with Gasteiger partial charge in [-0.25, -0.2) is 14.2 Å². The molecule has 1 aromatic heterocycles. The lowest BCUT2D eigenvalue weighted by molar-refractivity contribution is -0.119. The number of carbonyl (C=O) groups is 2. The summed E-state index contributed by atoms with van der Waals surface area (Å²) in [6.07, 6.45) is 0.786. The van der Waals surface area contributed by atoms with Crippen molar-refractivity contribution >= 4 is 26.7 Å². The van der Waals surface area contributed by atoms with E-state index in [-0.39, 0.29) is 24.4 Å². The van der Waals surface area contributed by atoms with Crippen LogP contribution in [0, 0.1) is 5.82 Å². The van der Waals surface area contributed by atoms with Crippen molar-refractivity contribution in [3.63, 3.8) is 0 Å². The van der Waals surface area contributed by atoms with Crippen LogP contribution in [-0.2, 0) is 26.0 Å². The molecule has 0 spiro atoms. The molecule has 2 amide bonds. The Morgan fingerprint density at radius 1 is 1.38 bits per heavy atom. The van der Waals surface area contributed by atoms with Crippen LogP contribution in [0.5, 0.6) is 0 Å². The van der Waals surface area contributed by atoms with Gasteiger partial charge in [0.1, 0.15) is 17.7 Å². The lowest BCUT2D eigenvalue weighted by atomic mass is 9.93. The summed E-state index contributed by atoms with van der Waals surface area (Å²) in [5.74, 6) is -0.0509. The van der Waals surface area contributed by atoms with Gasteiger partial charge in [-0.15, -0.1) is 0 Å². The second kappa shape index (κ2) is 9.41. The fourth-order valence-corrected chi connectivity index (χ4v) is 3.77. The summed E-state index contributed by atoms with van der Waals surface area (Å²) >= 11 is 0. The Morgan fingerprint density at radius 2 is 2.09 bits per heavy atom. The minimum atomic E-state index is -1.28. The standard InChI is InChI=1S/C22H31FN4O4Si/c1-14(28)24-10-16-11-26(21(29)31-16)15-7-8-18(17(23)9-15)27-12-19(22(2,3)4)25-20(27)13-30-32(5)6/h7-9,12,16,32H,10-11,13H2,1-6H3,(H,24,28)/t16-/m0/s1. The van der Waals surface area contributed by atoms with E-state index in [1.807, 2.05) is 6.20 Å². The number of hydrogen-bond acceptors (Lipinski definition) is 5. The molecule has 10 heteroatoms. The van der Waals surface area contributed by atoms with Gasteiger partial charge in [-0.3, -0.25) is 14.3 Å². The molecule has 0 bridgehead atoms. The van der Waals surface area contributed by atoms with Gasteiger partial charge in [0.2, 0.25) is 5.91 Å². The van der Waals surface area contributed by atoms with Gasteiger partial charge in [0.05, 0.1) is 36.8 Å². The minimum Gasteiger partial charge on any atom is -0.442 e. The smallest absolute Gasteiger partial charge is 0.414 e. The molecule has 0 unspecified atom stereocenters. The fourth-order valence-electron chi connectivity index (χ4n) is 3.29. The monoisotopic (exact) mass is 462 g/mol. The fraction of sp³-hybridized carbons (Fsp3) is 0.500. The number of amides is 2. The van der Waals surface area contributed by atoms with Gasteiger partial charge in [0.15, 0.2) is 9.04 Å². The molecule has 1 atom stereocenters. The predicted molar refractivity (Wildman–Crippen MR) is 122 cm³/mol. The van der Waals surface area contributed by atoms with E-state index in [2.05, 4.69) is 39.2 Å². The average Bonchev–Trinajstić information content (AvgIpc) is 3.28. The Hall–Kier alpha value is -2.72. The second-order valence-corrected chi connectivity index (χ2v) is 11.6. The molecular weight excluding hydrogens is 431 g/mol. The predicted octanol–water partition coefficient (Wildman–Crippen LogP) is 3.27. The third-order valence-corrected chi connectivity index (χ3v) is 5.88. The van der Waals surface area contributed by atoms with Gasteiger partial charge >= 0.3 is 6.09 Å². The molecule has 1 N–H and O–H groups in total. The number of carbonyl (C=O) groups excluding carboxylic acids is 2. The molecule has 2 aromatic rings. The van der Waals surface area contributed by atoms with Crippen LogP contribution in [0.4, 0.5) is 14.9 Å². The first-order chi connectivity index (χ1) is 15.0. The average molecular weight is 463 g/mol. The summed E-state index contributed by atoms with van der Waals surface area (Å²) in [6.45, 7) is 12.5. The third-order valence-electron chi connectivity index (χ3n) is 5.05. The van der Waals surface area contributed by atoms with Crippen LogP contribution in [0.1, 0.15) is 39.2 Å². The number of anilines is 1. The molecule has 1 fully saturated rings. The highest BCUT2D eigenvalue weighted by Gasteiger charge is 2.33. The van der Waals surface area contributed by atoms with Crippen LogP contribution in [0.15, 0.2) is 24.4 Å². The zero-order valence-corrected chi connectivity index (χ0v) is 20.6. The van der Waals surface area contributed by atoms with E-state index in [1.165, 1.54) is 17.9 Å². The van der Waals surface area contributed by atoms with Crippen LogP contribution in [0.3, 0.4) is 0 Å². The molecule has 0 saturated carbocycles. The summed E-state index contributed by atoms with van der Waals surface area (Å²) in [5.41, 5.74) is 1.37. The number of cyclic esters (lactones) is 1. The van der Waals surface area contributed by atoms with Crippen molar-refractivity contribution in [1.82, 2.24) is 14.9 Å². The highest BCUT2D eigenvalue weighted by atomic mass is 28.3.